The van der Waals surface area contributed by atoms with Crippen molar-refractivity contribution < 1.29 is 23.1 Å². The third-order valence-corrected chi connectivity index (χ3v) is 3.50. The van der Waals surface area contributed by atoms with Crippen LogP contribution in [0.3, 0.4) is 0 Å². The summed E-state index contributed by atoms with van der Waals surface area (Å²) >= 11 is 0. The quantitative estimate of drug-likeness (QED) is 0.646. The van der Waals surface area contributed by atoms with Gasteiger partial charge >= 0.3 is 5.97 Å². The summed E-state index contributed by atoms with van der Waals surface area (Å²) in [5.74, 6) is -2.32. The molecule has 1 aromatic rings. The SMILES string of the molecule is NC(=O)Cc1ccccc1NS(=O)(=O)CCC(=O)O. The Morgan fingerprint density at radius 3 is 2.47 bits per heavy atom. The molecule has 0 aliphatic carbocycles. The molecule has 0 bridgehead atoms. The number of hydrogen-bond donors (Lipinski definition) is 3. The van der Waals surface area contributed by atoms with E-state index < -0.39 is 34.1 Å². The van der Waals surface area contributed by atoms with Crippen molar-refractivity contribution in [2.45, 2.75) is 12.8 Å². The van der Waals surface area contributed by atoms with Gasteiger partial charge in [0.1, 0.15) is 0 Å². The molecule has 19 heavy (non-hydrogen) atoms. The monoisotopic (exact) mass is 286 g/mol. The third kappa shape index (κ3) is 5.38. The summed E-state index contributed by atoms with van der Waals surface area (Å²) in [6.45, 7) is 0. The van der Waals surface area contributed by atoms with Gasteiger partial charge in [-0.3, -0.25) is 14.3 Å². The highest BCUT2D eigenvalue weighted by molar-refractivity contribution is 7.92. The van der Waals surface area contributed by atoms with Gasteiger partial charge in [-0.15, -0.1) is 0 Å². The van der Waals surface area contributed by atoms with Gasteiger partial charge in [0.05, 0.1) is 24.3 Å². The van der Waals surface area contributed by atoms with Crippen LogP contribution in [-0.4, -0.2) is 31.2 Å². The molecular weight excluding hydrogens is 272 g/mol. The van der Waals surface area contributed by atoms with Gasteiger partial charge in [0.25, 0.3) is 0 Å². The first-order valence-electron chi connectivity index (χ1n) is 5.38. The molecule has 1 rings (SSSR count). The van der Waals surface area contributed by atoms with Gasteiger partial charge in [-0.25, -0.2) is 8.42 Å². The summed E-state index contributed by atoms with van der Waals surface area (Å²) in [7, 11) is -3.77. The summed E-state index contributed by atoms with van der Waals surface area (Å²) < 4.78 is 25.6. The van der Waals surface area contributed by atoms with E-state index in [2.05, 4.69) is 4.72 Å². The largest absolute Gasteiger partial charge is 0.481 e. The smallest absolute Gasteiger partial charge is 0.304 e. The number of carboxylic acid groups (broad SMARTS) is 1. The minimum Gasteiger partial charge on any atom is -0.481 e. The number of carbonyl (C=O) groups excluding carboxylic acids is 1. The van der Waals surface area contributed by atoms with Gasteiger partial charge in [-0.1, -0.05) is 18.2 Å². The van der Waals surface area contributed by atoms with Crippen LogP contribution < -0.4 is 10.5 Å². The van der Waals surface area contributed by atoms with E-state index in [0.717, 1.165) is 0 Å². The molecule has 8 heteroatoms. The molecule has 0 fully saturated rings. The number of aliphatic carboxylic acids is 1. The molecule has 0 aliphatic heterocycles. The maximum Gasteiger partial charge on any atom is 0.304 e. The lowest BCUT2D eigenvalue weighted by Crippen LogP contribution is -2.21. The molecule has 0 spiro atoms. The van der Waals surface area contributed by atoms with E-state index in [4.69, 9.17) is 10.8 Å². The average molecular weight is 286 g/mol. The number of amides is 1. The fourth-order valence-electron chi connectivity index (χ4n) is 1.40. The number of primary amides is 1. The van der Waals surface area contributed by atoms with Crippen molar-refractivity contribution in [3.05, 3.63) is 29.8 Å². The van der Waals surface area contributed by atoms with E-state index in [1.165, 1.54) is 6.07 Å². The first-order chi connectivity index (χ1) is 8.80. The molecule has 104 valence electrons. The van der Waals surface area contributed by atoms with Crippen molar-refractivity contribution in [3.63, 3.8) is 0 Å². The topological polar surface area (TPSA) is 127 Å². The van der Waals surface area contributed by atoms with Gasteiger partial charge in [-0.05, 0) is 11.6 Å². The molecule has 0 aliphatic rings. The number of nitrogens with two attached hydrogens (primary N) is 1. The molecule has 1 aromatic carbocycles. The molecule has 7 nitrogen and oxygen atoms in total. The van der Waals surface area contributed by atoms with Crippen LogP contribution >= 0.6 is 0 Å². The van der Waals surface area contributed by atoms with Crippen molar-refractivity contribution >= 4 is 27.6 Å². The maximum atomic E-state index is 11.7. The zero-order valence-electron chi connectivity index (χ0n) is 10.00. The number of carboxylic acids is 1. The van der Waals surface area contributed by atoms with Crippen LogP contribution in [0, 0.1) is 0 Å². The zero-order valence-corrected chi connectivity index (χ0v) is 10.8. The van der Waals surface area contributed by atoms with Crippen molar-refractivity contribution in [2.24, 2.45) is 5.73 Å². The van der Waals surface area contributed by atoms with Gasteiger partial charge in [-0.2, -0.15) is 0 Å². The van der Waals surface area contributed by atoms with Crippen LogP contribution in [-0.2, 0) is 26.0 Å². The highest BCUT2D eigenvalue weighted by atomic mass is 32.2. The maximum absolute atomic E-state index is 11.7. The van der Waals surface area contributed by atoms with E-state index in [-0.39, 0.29) is 12.1 Å². The van der Waals surface area contributed by atoms with Crippen molar-refractivity contribution in [2.75, 3.05) is 10.5 Å². The predicted octanol–water partition coefficient (Wildman–Crippen LogP) is -0.0692. The van der Waals surface area contributed by atoms with Crippen LogP contribution in [0.15, 0.2) is 24.3 Å². The summed E-state index contributed by atoms with van der Waals surface area (Å²) in [5.41, 5.74) is 5.73. The Morgan fingerprint density at radius 1 is 1.26 bits per heavy atom. The van der Waals surface area contributed by atoms with E-state index in [1.54, 1.807) is 18.2 Å². The fourth-order valence-corrected chi connectivity index (χ4v) is 2.48. The Kier molecular flexibility index (Phi) is 4.87. The first-order valence-corrected chi connectivity index (χ1v) is 7.04. The van der Waals surface area contributed by atoms with Gasteiger partial charge < -0.3 is 10.8 Å². The summed E-state index contributed by atoms with van der Waals surface area (Å²) in [6.07, 6.45) is -0.592. The summed E-state index contributed by atoms with van der Waals surface area (Å²) in [6, 6.07) is 6.29. The molecule has 4 N–H and O–H groups in total. The zero-order chi connectivity index (χ0) is 14.5. The molecule has 0 saturated carbocycles. The second-order valence-electron chi connectivity index (χ2n) is 3.86. The predicted molar refractivity (Wildman–Crippen MR) is 69.0 cm³/mol. The molecule has 0 aromatic heterocycles. The molecule has 1 amide bonds. The summed E-state index contributed by atoms with van der Waals surface area (Å²) in [5, 5.41) is 8.46. The number of nitrogens with one attached hydrogen (secondary N) is 1. The number of benzene rings is 1. The van der Waals surface area contributed by atoms with E-state index in [1.807, 2.05) is 0 Å². The second-order valence-corrected chi connectivity index (χ2v) is 5.71. The minimum absolute atomic E-state index is 0.0996. The van der Waals surface area contributed by atoms with E-state index in [0.29, 0.717) is 5.56 Å². The normalized spacial score (nSPS) is 10.9. The number of hydrogen-bond acceptors (Lipinski definition) is 4. The number of carbonyl (C=O) groups is 2. The number of anilines is 1. The standard InChI is InChI=1S/C11H14N2O5S/c12-10(14)7-8-3-1-2-4-9(8)13-19(17,18)6-5-11(15)16/h1-4,13H,5-7H2,(H2,12,14)(H,15,16). The number of sulfonamides is 1. The molecule has 0 unspecified atom stereocenters. The molecule has 0 heterocycles. The van der Waals surface area contributed by atoms with Crippen molar-refractivity contribution in [3.8, 4) is 0 Å². The Hall–Kier alpha value is -2.09. The summed E-state index contributed by atoms with van der Waals surface area (Å²) in [4.78, 5) is 21.2. The van der Waals surface area contributed by atoms with Crippen LogP contribution in [0.25, 0.3) is 0 Å². The van der Waals surface area contributed by atoms with Gasteiger partial charge in [0, 0.05) is 0 Å². The minimum atomic E-state index is -3.77. The third-order valence-electron chi connectivity index (χ3n) is 2.23. The lowest BCUT2D eigenvalue weighted by molar-refractivity contribution is -0.136. The lowest BCUT2D eigenvalue weighted by Gasteiger charge is -2.11. The van der Waals surface area contributed by atoms with Crippen LogP contribution in [0.4, 0.5) is 5.69 Å². The van der Waals surface area contributed by atoms with Crippen LogP contribution in [0.5, 0.6) is 0 Å². The Labute approximate surface area is 110 Å². The van der Waals surface area contributed by atoms with Crippen molar-refractivity contribution in [1.82, 2.24) is 0 Å². The molecule has 0 saturated heterocycles. The lowest BCUT2D eigenvalue weighted by atomic mass is 10.1. The second kappa shape index (κ2) is 6.19. The molecule has 0 atom stereocenters. The Morgan fingerprint density at radius 2 is 1.89 bits per heavy atom. The average Bonchev–Trinajstić information content (AvgIpc) is 2.28. The number of rotatable bonds is 7. The first kappa shape index (κ1) is 15.0. The highest BCUT2D eigenvalue weighted by Crippen LogP contribution is 2.17. The van der Waals surface area contributed by atoms with Gasteiger partial charge in [0.2, 0.25) is 15.9 Å². The molecular formula is C11H14N2O5S. The van der Waals surface area contributed by atoms with Gasteiger partial charge in [0.15, 0.2) is 0 Å². The van der Waals surface area contributed by atoms with Crippen molar-refractivity contribution in [1.29, 1.82) is 0 Å². The van der Waals surface area contributed by atoms with Crippen LogP contribution in [0.2, 0.25) is 0 Å². The fraction of sp³-hybridized carbons (Fsp3) is 0.273. The van der Waals surface area contributed by atoms with Crippen LogP contribution in [0.1, 0.15) is 12.0 Å². The Balaban J connectivity index is 2.86. The van der Waals surface area contributed by atoms with E-state index >= 15 is 0 Å². The van der Waals surface area contributed by atoms with E-state index in [9.17, 15) is 18.0 Å². The molecule has 0 radical (unpaired) electrons. The Bertz CT molecular complexity index is 583. The highest BCUT2D eigenvalue weighted by Gasteiger charge is 2.15. The number of para-hydroxylation sites is 1.